The number of rotatable bonds is 9. The smallest absolute Gasteiger partial charge is 0.175 e. The van der Waals surface area contributed by atoms with E-state index in [0.717, 1.165) is 35.1 Å². The van der Waals surface area contributed by atoms with Crippen LogP contribution in [0.2, 0.25) is 0 Å². The van der Waals surface area contributed by atoms with E-state index in [1.54, 1.807) is 19.2 Å². The van der Waals surface area contributed by atoms with Crippen LogP contribution in [0.1, 0.15) is 30.9 Å². The van der Waals surface area contributed by atoms with Gasteiger partial charge in [0.15, 0.2) is 11.5 Å². The van der Waals surface area contributed by atoms with E-state index in [4.69, 9.17) is 9.47 Å². The Morgan fingerprint density at radius 2 is 1.88 bits per heavy atom. The number of halogens is 2. The molecule has 0 fully saturated rings. The van der Waals surface area contributed by atoms with Crippen molar-refractivity contribution in [1.82, 2.24) is 5.32 Å². The van der Waals surface area contributed by atoms with E-state index in [2.05, 4.69) is 28.2 Å². The Morgan fingerprint density at radius 1 is 1.12 bits per heavy atom. The average Bonchev–Trinajstić information content (AvgIpc) is 2.59. The fourth-order valence-electron chi connectivity index (χ4n) is 2.29. The Kier molecular flexibility index (Phi) is 7.53. The maximum atomic E-state index is 13.0. The molecule has 5 heteroatoms. The zero-order valence-corrected chi connectivity index (χ0v) is 15.7. The molecular formula is C19H23BrFNO2. The van der Waals surface area contributed by atoms with Crippen LogP contribution in [0.5, 0.6) is 11.5 Å². The van der Waals surface area contributed by atoms with Crippen LogP contribution in [0.15, 0.2) is 40.9 Å². The van der Waals surface area contributed by atoms with Crippen molar-refractivity contribution in [2.75, 3.05) is 13.7 Å². The van der Waals surface area contributed by atoms with E-state index in [-0.39, 0.29) is 5.82 Å². The van der Waals surface area contributed by atoms with Gasteiger partial charge in [0.25, 0.3) is 0 Å². The molecular weight excluding hydrogens is 373 g/mol. The largest absolute Gasteiger partial charge is 0.493 e. The van der Waals surface area contributed by atoms with Crippen LogP contribution in [0.4, 0.5) is 4.39 Å². The van der Waals surface area contributed by atoms with Gasteiger partial charge in [-0.25, -0.2) is 4.39 Å². The van der Waals surface area contributed by atoms with Gasteiger partial charge < -0.3 is 14.8 Å². The molecule has 0 unspecified atom stereocenters. The molecule has 0 aliphatic carbocycles. The summed E-state index contributed by atoms with van der Waals surface area (Å²) in [5.41, 5.74) is 2.03. The number of benzene rings is 2. The maximum Gasteiger partial charge on any atom is 0.175 e. The van der Waals surface area contributed by atoms with Crippen molar-refractivity contribution in [3.05, 3.63) is 57.8 Å². The second-order valence-corrected chi connectivity index (χ2v) is 6.41. The SMILES string of the molecule is CCCCNCc1cc(Br)c(OCc2ccc(F)cc2)c(OC)c1. The lowest BCUT2D eigenvalue weighted by Gasteiger charge is -2.15. The molecule has 0 amide bonds. The van der Waals surface area contributed by atoms with Gasteiger partial charge in [-0.15, -0.1) is 0 Å². The molecule has 0 saturated heterocycles. The minimum absolute atomic E-state index is 0.252. The molecule has 0 aliphatic heterocycles. The lowest BCUT2D eigenvalue weighted by Crippen LogP contribution is -2.14. The van der Waals surface area contributed by atoms with Crippen LogP contribution in [-0.4, -0.2) is 13.7 Å². The summed E-state index contributed by atoms with van der Waals surface area (Å²) in [6.07, 6.45) is 2.34. The zero-order valence-electron chi connectivity index (χ0n) is 14.1. The van der Waals surface area contributed by atoms with Gasteiger partial charge in [0.1, 0.15) is 12.4 Å². The maximum absolute atomic E-state index is 13.0. The summed E-state index contributed by atoms with van der Waals surface area (Å²) in [5, 5.41) is 3.41. The number of hydrogen-bond acceptors (Lipinski definition) is 3. The van der Waals surface area contributed by atoms with Gasteiger partial charge in [-0.2, -0.15) is 0 Å². The molecule has 0 radical (unpaired) electrons. The van der Waals surface area contributed by atoms with Gasteiger partial charge in [0.05, 0.1) is 11.6 Å². The monoisotopic (exact) mass is 395 g/mol. The number of nitrogens with one attached hydrogen (secondary N) is 1. The summed E-state index contributed by atoms with van der Waals surface area (Å²) >= 11 is 3.55. The molecule has 0 bridgehead atoms. The van der Waals surface area contributed by atoms with E-state index in [9.17, 15) is 4.39 Å². The highest BCUT2D eigenvalue weighted by Gasteiger charge is 2.12. The normalized spacial score (nSPS) is 10.7. The summed E-state index contributed by atoms with van der Waals surface area (Å²) in [7, 11) is 1.63. The number of hydrogen-bond donors (Lipinski definition) is 1. The van der Waals surface area contributed by atoms with Crippen LogP contribution >= 0.6 is 15.9 Å². The highest BCUT2D eigenvalue weighted by atomic mass is 79.9. The highest BCUT2D eigenvalue weighted by Crippen LogP contribution is 2.37. The Morgan fingerprint density at radius 3 is 2.54 bits per heavy atom. The van der Waals surface area contributed by atoms with Gasteiger partial charge in [0, 0.05) is 6.54 Å². The molecule has 0 atom stereocenters. The summed E-state index contributed by atoms with van der Waals surface area (Å²) in [4.78, 5) is 0. The Bertz CT molecular complexity index is 647. The first-order valence-corrected chi connectivity index (χ1v) is 8.87. The second-order valence-electron chi connectivity index (χ2n) is 5.55. The van der Waals surface area contributed by atoms with E-state index in [1.165, 1.54) is 18.6 Å². The number of ether oxygens (including phenoxy) is 2. The summed E-state index contributed by atoms with van der Waals surface area (Å²) < 4.78 is 25.1. The quantitative estimate of drug-likeness (QED) is 0.601. The number of unbranched alkanes of at least 4 members (excludes halogenated alkanes) is 1. The summed E-state index contributed by atoms with van der Waals surface area (Å²) in [6.45, 7) is 4.31. The molecule has 0 spiro atoms. The molecule has 2 aromatic carbocycles. The topological polar surface area (TPSA) is 30.5 Å². The Balaban J connectivity index is 2.04. The van der Waals surface area contributed by atoms with E-state index >= 15 is 0 Å². The minimum Gasteiger partial charge on any atom is -0.493 e. The third-order valence-electron chi connectivity index (χ3n) is 3.62. The van der Waals surface area contributed by atoms with Gasteiger partial charge in [0.2, 0.25) is 0 Å². The zero-order chi connectivity index (χ0) is 17.4. The Hall–Kier alpha value is -1.59. The lowest BCUT2D eigenvalue weighted by atomic mass is 10.2. The molecule has 0 saturated carbocycles. The molecule has 0 aliphatic rings. The molecule has 2 aromatic rings. The van der Waals surface area contributed by atoms with Crippen molar-refractivity contribution in [3.63, 3.8) is 0 Å². The molecule has 0 heterocycles. The van der Waals surface area contributed by atoms with Gasteiger partial charge in [-0.3, -0.25) is 0 Å². The van der Waals surface area contributed by atoms with E-state index in [1.807, 2.05) is 12.1 Å². The van der Waals surface area contributed by atoms with Crippen LogP contribution in [0, 0.1) is 5.82 Å². The molecule has 2 rings (SSSR count). The predicted molar refractivity (Wildman–Crippen MR) is 98.0 cm³/mol. The molecule has 0 aromatic heterocycles. The molecule has 1 N–H and O–H groups in total. The lowest BCUT2D eigenvalue weighted by molar-refractivity contribution is 0.282. The summed E-state index contributed by atoms with van der Waals surface area (Å²) in [5.74, 6) is 1.08. The standard InChI is InChI=1S/C19H23BrFNO2/c1-3-4-9-22-12-15-10-17(20)19(18(11-15)23-2)24-13-14-5-7-16(21)8-6-14/h5-8,10-11,22H,3-4,9,12-13H2,1-2H3. The Labute approximate surface area is 151 Å². The average molecular weight is 396 g/mol. The van der Waals surface area contributed by atoms with Crippen LogP contribution in [0.25, 0.3) is 0 Å². The summed E-state index contributed by atoms with van der Waals surface area (Å²) in [6, 6.07) is 10.3. The van der Waals surface area contributed by atoms with Crippen molar-refractivity contribution in [3.8, 4) is 11.5 Å². The van der Waals surface area contributed by atoms with E-state index < -0.39 is 0 Å². The fourth-order valence-corrected chi connectivity index (χ4v) is 2.89. The fraction of sp³-hybridized carbons (Fsp3) is 0.368. The highest BCUT2D eigenvalue weighted by molar-refractivity contribution is 9.10. The van der Waals surface area contributed by atoms with Crippen molar-refractivity contribution in [2.24, 2.45) is 0 Å². The van der Waals surface area contributed by atoms with E-state index in [0.29, 0.717) is 18.1 Å². The van der Waals surface area contributed by atoms with Crippen molar-refractivity contribution in [1.29, 1.82) is 0 Å². The minimum atomic E-state index is -0.252. The molecule has 24 heavy (non-hydrogen) atoms. The van der Waals surface area contributed by atoms with Crippen LogP contribution < -0.4 is 14.8 Å². The van der Waals surface area contributed by atoms with Gasteiger partial charge >= 0.3 is 0 Å². The third-order valence-corrected chi connectivity index (χ3v) is 4.21. The molecule has 3 nitrogen and oxygen atoms in total. The first-order valence-electron chi connectivity index (χ1n) is 8.08. The van der Waals surface area contributed by atoms with Gasteiger partial charge in [-0.1, -0.05) is 25.5 Å². The van der Waals surface area contributed by atoms with Crippen LogP contribution in [0.3, 0.4) is 0 Å². The third kappa shape index (κ3) is 5.49. The van der Waals surface area contributed by atoms with Gasteiger partial charge in [-0.05, 0) is 64.3 Å². The van der Waals surface area contributed by atoms with Crippen molar-refractivity contribution in [2.45, 2.75) is 32.9 Å². The first kappa shape index (κ1) is 18.7. The second kappa shape index (κ2) is 9.64. The molecule has 130 valence electrons. The number of methoxy groups -OCH3 is 1. The van der Waals surface area contributed by atoms with Crippen LogP contribution in [-0.2, 0) is 13.2 Å². The predicted octanol–water partition coefficient (Wildman–Crippen LogP) is 5.07. The van der Waals surface area contributed by atoms with Crippen molar-refractivity contribution < 1.29 is 13.9 Å². The van der Waals surface area contributed by atoms with Crippen molar-refractivity contribution >= 4 is 15.9 Å². The first-order chi connectivity index (χ1) is 11.6.